The molecule has 0 amide bonds. The van der Waals surface area contributed by atoms with Crippen molar-refractivity contribution in [2.24, 2.45) is 0 Å². The zero-order chi connectivity index (χ0) is 10.8. The number of alkyl halides is 1. The van der Waals surface area contributed by atoms with Gasteiger partial charge >= 0.3 is 0 Å². The Labute approximate surface area is 96.2 Å². The van der Waals surface area contributed by atoms with E-state index in [1.165, 1.54) is 16.8 Å². The van der Waals surface area contributed by atoms with E-state index in [1.807, 2.05) is 0 Å². The van der Waals surface area contributed by atoms with Crippen LogP contribution in [0.2, 0.25) is 0 Å². The highest BCUT2D eigenvalue weighted by atomic mass is 35.5. The van der Waals surface area contributed by atoms with Crippen molar-refractivity contribution >= 4 is 17.3 Å². The summed E-state index contributed by atoms with van der Waals surface area (Å²) in [7, 11) is 0. The van der Waals surface area contributed by atoms with Gasteiger partial charge in [-0.3, -0.25) is 0 Å². The average Bonchev–Trinajstić information content (AvgIpc) is 2.23. The van der Waals surface area contributed by atoms with Crippen LogP contribution >= 0.6 is 11.6 Å². The Morgan fingerprint density at radius 3 is 2.93 bits per heavy atom. The molecule has 0 bridgehead atoms. The molecule has 0 radical (unpaired) electrons. The summed E-state index contributed by atoms with van der Waals surface area (Å²) in [5, 5.41) is 3.29. The normalized spacial score (nSPS) is 21.8. The van der Waals surface area contributed by atoms with Gasteiger partial charge in [-0.2, -0.15) is 0 Å². The number of halogens is 1. The molecule has 1 heterocycles. The van der Waals surface area contributed by atoms with Crippen molar-refractivity contribution < 1.29 is 0 Å². The van der Waals surface area contributed by atoms with E-state index in [0.717, 1.165) is 19.6 Å². The molecule has 2 rings (SSSR count). The first kappa shape index (κ1) is 10.8. The van der Waals surface area contributed by atoms with E-state index in [2.05, 4.69) is 42.3 Å². The lowest BCUT2D eigenvalue weighted by Crippen LogP contribution is -2.48. The molecule has 15 heavy (non-hydrogen) atoms. The van der Waals surface area contributed by atoms with Crippen LogP contribution < -0.4 is 10.2 Å². The molecule has 1 fully saturated rings. The van der Waals surface area contributed by atoms with Crippen LogP contribution in [0.3, 0.4) is 0 Å². The molecule has 0 saturated carbocycles. The molecule has 1 aromatic rings. The number of piperazine rings is 1. The minimum Gasteiger partial charge on any atom is -0.353 e. The third-order valence-electron chi connectivity index (χ3n) is 3.07. The number of benzene rings is 1. The minimum atomic E-state index is 0.0687. The summed E-state index contributed by atoms with van der Waals surface area (Å²) in [5.41, 5.74) is 4.01. The molecular weight excluding hydrogens is 208 g/mol. The fraction of sp³-hybridized carbons (Fsp3) is 0.500. The summed E-state index contributed by atoms with van der Waals surface area (Å²) in [5.74, 6) is 0. The monoisotopic (exact) mass is 224 g/mol. The predicted molar refractivity (Wildman–Crippen MR) is 65.8 cm³/mol. The summed E-state index contributed by atoms with van der Waals surface area (Å²) in [4.78, 5) is 2.28. The summed E-state index contributed by atoms with van der Waals surface area (Å²) < 4.78 is 0. The van der Waals surface area contributed by atoms with E-state index in [1.54, 1.807) is 0 Å². The van der Waals surface area contributed by atoms with Gasteiger partial charge in [-0.25, -0.2) is 0 Å². The second-order valence-corrected chi connectivity index (χ2v) is 4.55. The van der Waals surface area contributed by atoms with Gasteiger partial charge in [0.15, 0.2) is 0 Å². The SMILES string of the molecule is Cc1cccc(N2CCNCC2Cl)c1C. The summed E-state index contributed by atoms with van der Waals surface area (Å²) >= 11 is 6.30. The Morgan fingerprint density at radius 2 is 2.20 bits per heavy atom. The van der Waals surface area contributed by atoms with Gasteiger partial charge < -0.3 is 10.2 Å². The molecule has 82 valence electrons. The average molecular weight is 225 g/mol. The molecule has 1 aliphatic rings. The molecule has 0 aromatic heterocycles. The maximum atomic E-state index is 6.30. The lowest BCUT2D eigenvalue weighted by atomic mass is 10.1. The van der Waals surface area contributed by atoms with E-state index in [0.29, 0.717) is 0 Å². The van der Waals surface area contributed by atoms with Crippen LogP contribution in [0.15, 0.2) is 18.2 Å². The van der Waals surface area contributed by atoms with Gasteiger partial charge in [0.25, 0.3) is 0 Å². The molecule has 2 nitrogen and oxygen atoms in total. The fourth-order valence-corrected chi connectivity index (χ4v) is 2.30. The Morgan fingerprint density at radius 1 is 1.40 bits per heavy atom. The van der Waals surface area contributed by atoms with Crippen molar-refractivity contribution in [1.82, 2.24) is 5.32 Å². The Hall–Kier alpha value is -0.730. The predicted octanol–water partition coefficient (Wildman–Crippen LogP) is 2.28. The van der Waals surface area contributed by atoms with Gasteiger partial charge in [0.05, 0.1) is 0 Å². The number of hydrogen-bond acceptors (Lipinski definition) is 2. The Bertz CT molecular complexity index is 351. The first-order valence-electron chi connectivity index (χ1n) is 5.38. The lowest BCUT2D eigenvalue weighted by molar-refractivity contribution is 0.558. The minimum absolute atomic E-state index is 0.0687. The lowest BCUT2D eigenvalue weighted by Gasteiger charge is -2.35. The number of aryl methyl sites for hydroxylation is 1. The van der Waals surface area contributed by atoms with Crippen molar-refractivity contribution in [1.29, 1.82) is 0 Å². The Balaban J connectivity index is 2.31. The molecule has 3 heteroatoms. The van der Waals surface area contributed by atoms with Gasteiger partial charge in [0.2, 0.25) is 0 Å². The third-order valence-corrected chi connectivity index (χ3v) is 3.46. The first-order chi connectivity index (χ1) is 7.20. The Kier molecular flexibility index (Phi) is 3.17. The van der Waals surface area contributed by atoms with Crippen LogP contribution in [-0.2, 0) is 0 Å². The van der Waals surface area contributed by atoms with Crippen molar-refractivity contribution in [3.63, 3.8) is 0 Å². The van der Waals surface area contributed by atoms with Crippen LogP contribution in [0.4, 0.5) is 5.69 Å². The van der Waals surface area contributed by atoms with Gasteiger partial charge in [-0.15, -0.1) is 0 Å². The topological polar surface area (TPSA) is 15.3 Å². The highest BCUT2D eigenvalue weighted by Gasteiger charge is 2.21. The van der Waals surface area contributed by atoms with Crippen LogP contribution in [0.25, 0.3) is 0 Å². The number of hydrogen-bond donors (Lipinski definition) is 1. The van der Waals surface area contributed by atoms with Crippen LogP contribution in [0.1, 0.15) is 11.1 Å². The molecule has 1 aliphatic heterocycles. The third kappa shape index (κ3) is 2.11. The number of nitrogens with one attached hydrogen (secondary N) is 1. The molecule has 1 N–H and O–H groups in total. The smallest absolute Gasteiger partial charge is 0.116 e. The number of anilines is 1. The number of rotatable bonds is 1. The van der Waals surface area contributed by atoms with E-state index in [-0.39, 0.29) is 5.50 Å². The maximum Gasteiger partial charge on any atom is 0.116 e. The van der Waals surface area contributed by atoms with E-state index in [9.17, 15) is 0 Å². The molecule has 0 spiro atoms. The van der Waals surface area contributed by atoms with Gasteiger partial charge in [-0.1, -0.05) is 23.7 Å². The molecule has 1 atom stereocenters. The highest BCUT2D eigenvalue weighted by Crippen LogP contribution is 2.26. The summed E-state index contributed by atoms with van der Waals surface area (Å²) in [6.07, 6.45) is 0. The van der Waals surface area contributed by atoms with Crippen LogP contribution in [0.5, 0.6) is 0 Å². The summed E-state index contributed by atoms with van der Waals surface area (Å²) in [6.45, 7) is 7.16. The van der Waals surface area contributed by atoms with Gasteiger partial charge in [-0.05, 0) is 31.0 Å². The molecule has 1 unspecified atom stereocenters. The second-order valence-electron chi connectivity index (χ2n) is 4.05. The fourth-order valence-electron chi connectivity index (χ4n) is 1.99. The van der Waals surface area contributed by atoms with E-state index < -0.39 is 0 Å². The largest absolute Gasteiger partial charge is 0.353 e. The standard InChI is InChI=1S/C12H17ClN2/c1-9-4-3-5-11(10(9)2)15-7-6-14-8-12(15)13/h3-5,12,14H,6-8H2,1-2H3. The second kappa shape index (κ2) is 4.42. The maximum absolute atomic E-state index is 6.30. The zero-order valence-electron chi connectivity index (χ0n) is 9.26. The first-order valence-corrected chi connectivity index (χ1v) is 5.81. The van der Waals surface area contributed by atoms with Gasteiger partial charge in [0, 0.05) is 25.3 Å². The van der Waals surface area contributed by atoms with Gasteiger partial charge in [0.1, 0.15) is 5.50 Å². The van der Waals surface area contributed by atoms with Crippen molar-refractivity contribution in [2.75, 3.05) is 24.5 Å². The number of nitrogens with zero attached hydrogens (tertiary/aromatic N) is 1. The zero-order valence-corrected chi connectivity index (χ0v) is 10.0. The van der Waals surface area contributed by atoms with Crippen LogP contribution in [-0.4, -0.2) is 25.1 Å². The van der Waals surface area contributed by atoms with Crippen LogP contribution in [0, 0.1) is 13.8 Å². The van der Waals surface area contributed by atoms with Crippen molar-refractivity contribution in [2.45, 2.75) is 19.3 Å². The van der Waals surface area contributed by atoms with Crippen molar-refractivity contribution in [3.8, 4) is 0 Å². The van der Waals surface area contributed by atoms with Crippen molar-refractivity contribution in [3.05, 3.63) is 29.3 Å². The molecule has 0 aliphatic carbocycles. The molecule has 1 saturated heterocycles. The quantitative estimate of drug-likeness (QED) is 0.582. The molecular formula is C12H17ClN2. The molecule has 1 aromatic carbocycles. The van der Waals surface area contributed by atoms with E-state index >= 15 is 0 Å². The summed E-state index contributed by atoms with van der Waals surface area (Å²) in [6, 6.07) is 6.40. The van der Waals surface area contributed by atoms with E-state index in [4.69, 9.17) is 11.6 Å². The highest BCUT2D eigenvalue weighted by molar-refractivity contribution is 6.22.